The van der Waals surface area contributed by atoms with Crippen LogP contribution in [0.1, 0.15) is 27.2 Å². The van der Waals surface area contributed by atoms with E-state index in [-0.39, 0.29) is 12.7 Å². The van der Waals surface area contributed by atoms with Gasteiger partial charge in [0.1, 0.15) is 0 Å². The number of hydrogen-bond donors (Lipinski definition) is 1. The van der Waals surface area contributed by atoms with E-state index in [9.17, 15) is 0 Å². The van der Waals surface area contributed by atoms with E-state index in [4.69, 9.17) is 9.84 Å². The standard InChI is InChI=1S/C11H23NO2/c1-11(2,3)9-12-5-7-14-10(8-12)4-6-13/h10,13H,4-9H2,1-3H3. The second-order valence-corrected chi connectivity index (χ2v) is 5.30. The third kappa shape index (κ3) is 4.40. The van der Waals surface area contributed by atoms with E-state index in [1.807, 2.05) is 0 Å². The molecular formula is C11H23NO2. The van der Waals surface area contributed by atoms with E-state index in [1.54, 1.807) is 0 Å². The molecule has 1 aliphatic rings. The van der Waals surface area contributed by atoms with Crippen LogP contribution in [0, 0.1) is 5.41 Å². The molecule has 0 amide bonds. The Bertz CT molecular complexity index is 163. The molecule has 0 aromatic heterocycles. The van der Waals surface area contributed by atoms with Crippen molar-refractivity contribution in [3.05, 3.63) is 0 Å². The molecule has 1 rings (SSSR count). The number of aliphatic hydroxyl groups excluding tert-OH is 1. The lowest BCUT2D eigenvalue weighted by molar-refractivity contribution is -0.0459. The number of morpholine rings is 1. The lowest BCUT2D eigenvalue weighted by Crippen LogP contribution is -2.45. The van der Waals surface area contributed by atoms with Crippen LogP contribution in [0.4, 0.5) is 0 Å². The van der Waals surface area contributed by atoms with Crippen molar-refractivity contribution < 1.29 is 9.84 Å². The number of ether oxygens (including phenoxy) is 1. The first-order valence-electron chi connectivity index (χ1n) is 5.46. The van der Waals surface area contributed by atoms with Gasteiger partial charge in [-0.3, -0.25) is 4.90 Å². The van der Waals surface area contributed by atoms with Crippen molar-refractivity contribution in [1.82, 2.24) is 4.90 Å². The van der Waals surface area contributed by atoms with Crippen LogP contribution < -0.4 is 0 Å². The van der Waals surface area contributed by atoms with Gasteiger partial charge in [-0.2, -0.15) is 0 Å². The molecule has 0 saturated carbocycles. The molecule has 0 aromatic carbocycles. The van der Waals surface area contributed by atoms with Gasteiger partial charge in [0.15, 0.2) is 0 Å². The quantitative estimate of drug-likeness (QED) is 0.742. The highest BCUT2D eigenvalue weighted by Gasteiger charge is 2.23. The molecule has 3 nitrogen and oxygen atoms in total. The van der Waals surface area contributed by atoms with Gasteiger partial charge in [-0.25, -0.2) is 0 Å². The lowest BCUT2D eigenvalue weighted by atomic mass is 9.95. The average molecular weight is 201 g/mol. The fourth-order valence-electron chi connectivity index (χ4n) is 1.91. The molecule has 1 saturated heterocycles. The van der Waals surface area contributed by atoms with Crippen molar-refractivity contribution >= 4 is 0 Å². The number of rotatable bonds is 3. The van der Waals surface area contributed by atoms with Crippen LogP contribution in [0.15, 0.2) is 0 Å². The zero-order chi connectivity index (χ0) is 10.6. The molecule has 1 atom stereocenters. The molecule has 0 radical (unpaired) electrons. The van der Waals surface area contributed by atoms with Gasteiger partial charge < -0.3 is 9.84 Å². The molecule has 1 heterocycles. The third-order valence-electron chi connectivity index (χ3n) is 2.37. The fourth-order valence-corrected chi connectivity index (χ4v) is 1.91. The maximum Gasteiger partial charge on any atom is 0.0724 e. The summed E-state index contributed by atoms with van der Waals surface area (Å²) in [5.41, 5.74) is 0.348. The number of aliphatic hydroxyl groups is 1. The van der Waals surface area contributed by atoms with Crippen molar-refractivity contribution in [1.29, 1.82) is 0 Å². The summed E-state index contributed by atoms with van der Waals surface area (Å²) in [4.78, 5) is 2.43. The fraction of sp³-hybridized carbons (Fsp3) is 1.00. The summed E-state index contributed by atoms with van der Waals surface area (Å²) < 4.78 is 5.56. The monoisotopic (exact) mass is 201 g/mol. The Balaban J connectivity index is 2.32. The van der Waals surface area contributed by atoms with Crippen LogP contribution in [0.25, 0.3) is 0 Å². The van der Waals surface area contributed by atoms with Gasteiger partial charge in [0.2, 0.25) is 0 Å². The summed E-state index contributed by atoms with van der Waals surface area (Å²) in [5.74, 6) is 0. The highest BCUT2D eigenvalue weighted by molar-refractivity contribution is 4.75. The van der Waals surface area contributed by atoms with Gasteiger partial charge in [0.05, 0.1) is 12.7 Å². The molecule has 14 heavy (non-hydrogen) atoms. The second kappa shape index (κ2) is 5.10. The summed E-state index contributed by atoms with van der Waals surface area (Å²) >= 11 is 0. The Morgan fingerprint density at radius 1 is 1.43 bits per heavy atom. The van der Waals surface area contributed by atoms with Gasteiger partial charge >= 0.3 is 0 Å². The van der Waals surface area contributed by atoms with Crippen molar-refractivity contribution in [2.45, 2.75) is 33.3 Å². The molecule has 0 aliphatic carbocycles. The maximum absolute atomic E-state index is 8.84. The zero-order valence-corrected chi connectivity index (χ0v) is 9.62. The van der Waals surface area contributed by atoms with E-state index in [1.165, 1.54) is 0 Å². The Morgan fingerprint density at radius 3 is 2.71 bits per heavy atom. The number of nitrogens with zero attached hydrogens (tertiary/aromatic N) is 1. The van der Waals surface area contributed by atoms with Gasteiger partial charge in [0, 0.05) is 26.2 Å². The summed E-state index contributed by atoms with van der Waals surface area (Å²) in [6.45, 7) is 10.9. The van der Waals surface area contributed by atoms with E-state index in [2.05, 4.69) is 25.7 Å². The summed E-state index contributed by atoms with van der Waals surface area (Å²) in [7, 11) is 0. The minimum Gasteiger partial charge on any atom is -0.396 e. The SMILES string of the molecule is CC(C)(C)CN1CCOC(CCO)C1. The van der Waals surface area contributed by atoms with Crippen LogP contribution in [-0.2, 0) is 4.74 Å². The molecule has 3 heteroatoms. The molecule has 1 aliphatic heterocycles. The van der Waals surface area contributed by atoms with Crippen LogP contribution in [0.5, 0.6) is 0 Å². The van der Waals surface area contributed by atoms with Gasteiger partial charge in [-0.15, -0.1) is 0 Å². The van der Waals surface area contributed by atoms with Crippen LogP contribution in [0.2, 0.25) is 0 Å². The van der Waals surface area contributed by atoms with Gasteiger partial charge in [-0.1, -0.05) is 20.8 Å². The smallest absolute Gasteiger partial charge is 0.0724 e. The molecule has 0 bridgehead atoms. The molecule has 0 spiro atoms. The van der Waals surface area contributed by atoms with Crippen molar-refractivity contribution in [2.24, 2.45) is 5.41 Å². The summed E-state index contributed by atoms with van der Waals surface area (Å²) in [5, 5.41) is 8.84. The van der Waals surface area contributed by atoms with Crippen LogP contribution in [0.3, 0.4) is 0 Å². The topological polar surface area (TPSA) is 32.7 Å². The number of hydrogen-bond acceptors (Lipinski definition) is 3. The van der Waals surface area contributed by atoms with Crippen molar-refractivity contribution in [2.75, 3.05) is 32.8 Å². The minimum atomic E-state index is 0.230. The first kappa shape index (κ1) is 12.0. The van der Waals surface area contributed by atoms with Crippen LogP contribution in [-0.4, -0.2) is 49.0 Å². The van der Waals surface area contributed by atoms with E-state index < -0.39 is 0 Å². The zero-order valence-electron chi connectivity index (χ0n) is 9.62. The van der Waals surface area contributed by atoms with E-state index >= 15 is 0 Å². The van der Waals surface area contributed by atoms with Crippen molar-refractivity contribution in [3.63, 3.8) is 0 Å². The van der Waals surface area contributed by atoms with E-state index in [0.717, 1.165) is 32.7 Å². The Labute approximate surface area is 87.1 Å². The molecule has 1 N–H and O–H groups in total. The van der Waals surface area contributed by atoms with Crippen molar-refractivity contribution in [3.8, 4) is 0 Å². The maximum atomic E-state index is 8.84. The molecular weight excluding hydrogens is 178 g/mol. The van der Waals surface area contributed by atoms with Crippen LogP contribution >= 0.6 is 0 Å². The lowest BCUT2D eigenvalue weighted by Gasteiger charge is -2.36. The highest BCUT2D eigenvalue weighted by Crippen LogP contribution is 2.18. The Hall–Kier alpha value is -0.120. The Morgan fingerprint density at radius 2 is 2.14 bits per heavy atom. The predicted molar refractivity (Wildman–Crippen MR) is 57.3 cm³/mol. The van der Waals surface area contributed by atoms with E-state index in [0.29, 0.717) is 5.41 Å². The average Bonchev–Trinajstić information content (AvgIpc) is 2.02. The molecule has 1 fully saturated rings. The molecule has 84 valence electrons. The first-order chi connectivity index (χ1) is 6.51. The minimum absolute atomic E-state index is 0.230. The summed E-state index contributed by atoms with van der Waals surface area (Å²) in [6, 6.07) is 0. The largest absolute Gasteiger partial charge is 0.396 e. The Kier molecular flexibility index (Phi) is 4.35. The van der Waals surface area contributed by atoms with Gasteiger partial charge in [-0.05, 0) is 11.8 Å². The highest BCUT2D eigenvalue weighted by atomic mass is 16.5. The second-order valence-electron chi connectivity index (χ2n) is 5.30. The summed E-state index contributed by atoms with van der Waals surface area (Å²) in [6.07, 6.45) is 0.997. The molecule has 1 unspecified atom stereocenters. The third-order valence-corrected chi connectivity index (χ3v) is 2.37. The van der Waals surface area contributed by atoms with Gasteiger partial charge in [0.25, 0.3) is 0 Å². The normalized spacial score (nSPS) is 25.3. The first-order valence-corrected chi connectivity index (χ1v) is 5.46. The predicted octanol–water partition coefficient (Wildman–Crippen LogP) is 1.12. The molecule has 0 aromatic rings.